The molecule has 0 radical (unpaired) electrons. The molecule has 1 saturated heterocycles. The van der Waals surface area contributed by atoms with Crippen LogP contribution in [-0.4, -0.2) is 33.9 Å². The number of hydrogen-bond acceptors (Lipinski definition) is 6. The Morgan fingerprint density at radius 3 is 2.84 bits per heavy atom. The first-order valence-electron chi connectivity index (χ1n) is 10.6. The molecule has 0 unspecified atom stereocenters. The van der Waals surface area contributed by atoms with E-state index in [0.717, 1.165) is 47.6 Å². The van der Waals surface area contributed by atoms with Crippen LogP contribution in [0.25, 0.3) is 0 Å². The van der Waals surface area contributed by atoms with Crippen LogP contribution in [0.15, 0.2) is 55.1 Å². The fourth-order valence-electron chi connectivity index (χ4n) is 3.69. The fraction of sp³-hybridized carbons (Fsp3) is 0.333. The average Bonchev–Trinajstić information content (AvgIpc) is 2.81. The Hall–Kier alpha value is -3.48. The van der Waals surface area contributed by atoms with Gasteiger partial charge in [0, 0.05) is 44.3 Å². The number of pyridine rings is 1. The van der Waals surface area contributed by atoms with Crippen LogP contribution >= 0.6 is 0 Å². The van der Waals surface area contributed by atoms with Gasteiger partial charge in [0.05, 0.1) is 12.1 Å². The molecule has 2 aromatic heterocycles. The molecule has 160 valence electrons. The highest BCUT2D eigenvalue weighted by Gasteiger charge is 2.26. The first-order chi connectivity index (χ1) is 15.1. The Labute approximate surface area is 182 Å². The summed E-state index contributed by atoms with van der Waals surface area (Å²) < 4.78 is 5.90. The number of nitrogens with zero attached hydrogens (tertiary/aromatic N) is 4. The zero-order valence-corrected chi connectivity index (χ0v) is 17.9. The van der Waals surface area contributed by atoms with E-state index in [0.29, 0.717) is 19.0 Å². The van der Waals surface area contributed by atoms with E-state index in [1.54, 1.807) is 24.8 Å². The number of anilines is 1. The maximum atomic E-state index is 12.7. The molecule has 0 aliphatic carbocycles. The van der Waals surface area contributed by atoms with Gasteiger partial charge in [-0.2, -0.15) is 0 Å². The number of hydrogen-bond donors (Lipinski definition) is 1. The van der Waals surface area contributed by atoms with E-state index in [1.807, 2.05) is 38.1 Å². The van der Waals surface area contributed by atoms with Gasteiger partial charge in [0.1, 0.15) is 11.6 Å². The largest absolute Gasteiger partial charge is 0.439 e. The second-order valence-electron chi connectivity index (χ2n) is 7.94. The van der Waals surface area contributed by atoms with Crippen LogP contribution in [0.1, 0.15) is 29.5 Å². The summed E-state index contributed by atoms with van der Waals surface area (Å²) in [5, 5.41) is 3.04. The molecule has 0 bridgehead atoms. The highest BCUT2D eigenvalue weighted by Crippen LogP contribution is 2.25. The van der Waals surface area contributed by atoms with Crippen LogP contribution in [0.4, 0.5) is 5.82 Å². The van der Waals surface area contributed by atoms with Crippen LogP contribution in [0.5, 0.6) is 11.6 Å². The molecule has 1 aliphatic rings. The summed E-state index contributed by atoms with van der Waals surface area (Å²) in [7, 11) is 0. The van der Waals surface area contributed by atoms with Gasteiger partial charge in [-0.25, -0.2) is 9.97 Å². The lowest BCUT2D eigenvalue weighted by Crippen LogP contribution is -2.43. The van der Waals surface area contributed by atoms with Gasteiger partial charge >= 0.3 is 0 Å². The minimum atomic E-state index is -0.0596. The molecule has 4 rings (SSSR count). The third-order valence-electron chi connectivity index (χ3n) is 5.49. The predicted molar refractivity (Wildman–Crippen MR) is 119 cm³/mol. The minimum absolute atomic E-state index is 0.0595. The lowest BCUT2D eigenvalue weighted by atomic mass is 9.97. The van der Waals surface area contributed by atoms with Crippen molar-refractivity contribution in [2.45, 2.75) is 33.2 Å². The van der Waals surface area contributed by atoms with Gasteiger partial charge in [0.25, 0.3) is 0 Å². The lowest BCUT2D eigenvalue weighted by Gasteiger charge is -2.32. The van der Waals surface area contributed by atoms with Gasteiger partial charge in [-0.15, -0.1) is 0 Å². The van der Waals surface area contributed by atoms with Crippen molar-refractivity contribution in [3.05, 3.63) is 71.8 Å². The molecule has 3 aromatic rings. The number of benzene rings is 1. The molecule has 1 aromatic carbocycles. The van der Waals surface area contributed by atoms with Crippen LogP contribution in [-0.2, 0) is 11.3 Å². The van der Waals surface area contributed by atoms with Crippen molar-refractivity contribution in [1.29, 1.82) is 0 Å². The number of ether oxygens (including phenoxy) is 1. The van der Waals surface area contributed by atoms with Crippen molar-refractivity contribution >= 4 is 11.7 Å². The number of carbonyl (C=O) groups is 1. The summed E-state index contributed by atoms with van der Waals surface area (Å²) in [6.07, 6.45) is 8.66. The molecule has 0 spiro atoms. The number of piperidine rings is 1. The number of carbonyl (C=O) groups excluding carboxylic acids is 1. The molecule has 3 heterocycles. The second kappa shape index (κ2) is 9.55. The molecule has 1 atom stereocenters. The summed E-state index contributed by atoms with van der Waals surface area (Å²) in [5.74, 6) is 2.16. The average molecular weight is 418 g/mol. The Morgan fingerprint density at radius 2 is 2.06 bits per heavy atom. The number of aryl methyl sites for hydroxylation is 2. The number of rotatable bonds is 6. The molecule has 1 amide bonds. The fourth-order valence-corrected chi connectivity index (χ4v) is 3.69. The first-order valence-corrected chi connectivity index (χ1v) is 10.6. The third kappa shape index (κ3) is 5.36. The number of amides is 1. The monoisotopic (exact) mass is 417 g/mol. The van der Waals surface area contributed by atoms with Crippen molar-refractivity contribution in [3.8, 4) is 11.6 Å². The molecule has 1 N–H and O–H groups in total. The normalized spacial score (nSPS) is 16.1. The number of aromatic nitrogens is 3. The van der Waals surface area contributed by atoms with Gasteiger partial charge in [-0.1, -0.05) is 18.2 Å². The standard InChI is InChI=1S/C24H27N5O2/c1-17-5-6-18(2)21(12-17)31-23-8-7-19(13-27-23)14-28-24(30)20-4-3-11-29(16-20)22-15-25-9-10-26-22/h5-10,12-13,15,20H,3-4,11,14,16H2,1-2H3,(H,28,30)/t20-/m0/s1. The molecule has 1 fully saturated rings. The summed E-state index contributed by atoms with van der Waals surface area (Å²) in [4.78, 5) is 27.7. The predicted octanol–water partition coefficient (Wildman–Crippen LogP) is 3.81. The Morgan fingerprint density at radius 1 is 1.16 bits per heavy atom. The van der Waals surface area contributed by atoms with E-state index in [2.05, 4.69) is 31.2 Å². The van der Waals surface area contributed by atoms with Crippen LogP contribution in [0.2, 0.25) is 0 Å². The first kappa shape index (κ1) is 20.8. The number of nitrogens with one attached hydrogen (secondary N) is 1. The molecular formula is C24H27N5O2. The highest BCUT2D eigenvalue weighted by atomic mass is 16.5. The molecule has 7 heteroatoms. The molecule has 31 heavy (non-hydrogen) atoms. The Balaban J connectivity index is 1.30. The smallest absolute Gasteiger partial charge is 0.225 e. The SMILES string of the molecule is Cc1ccc(C)c(Oc2ccc(CNC(=O)[C@H]3CCCN(c4cnccn4)C3)cn2)c1. The summed E-state index contributed by atoms with van der Waals surface area (Å²) in [6, 6.07) is 9.85. The molecule has 1 aliphatic heterocycles. The topological polar surface area (TPSA) is 80.2 Å². The third-order valence-corrected chi connectivity index (χ3v) is 5.49. The van der Waals surface area contributed by atoms with E-state index in [9.17, 15) is 4.79 Å². The molecule has 7 nitrogen and oxygen atoms in total. The second-order valence-corrected chi connectivity index (χ2v) is 7.94. The van der Waals surface area contributed by atoms with E-state index >= 15 is 0 Å². The Kier molecular flexibility index (Phi) is 6.40. The van der Waals surface area contributed by atoms with Gasteiger partial charge in [-0.3, -0.25) is 9.78 Å². The van der Waals surface area contributed by atoms with Crippen molar-refractivity contribution in [3.63, 3.8) is 0 Å². The van der Waals surface area contributed by atoms with E-state index in [-0.39, 0.29) is 11.8 Å². The van der Waals surface area contributed by atoms with Crippen molar-refractivity contribution in [2.24, 2.45) is 5.92 Å². The highest BCUT2D eigenvalue weighted by molar-refractivity contribution is 5.79. The minimum Gasteiger partial charge on any atom is -0.439 e. The quantitative estimate of drug-likeness (QED) is 0.657. The van der Waals surface area contributed by atoms with Crippen LogP contribution in [0.3, 0.4) is 0 Å². The van der Waals surface area contributed by atoms with Crippen LogP contribution in [0, 0.1) is 19.8 Å². The molecule has 0 saturated carbocycles. The zero-order valence-electron chi connectivity index (χ0n) is 17.9. The van der Waals surface area contributed by atoms with Gasteiger partial charge in [0.15, 0.2) is 0 Å². The van der Waals surface area contributed by atoms with E-state index < -0.39 is 0 Å². The molecular weight excluding hydrogens is 390 g/mol. The summed E-state index contributed by atoms with van der Waals surface area (Å²) in [5.41, 5.74) is 3.13. The maximum absolute atomic E-state index is 12.7. The Bertz CT molecular complexity index is 1020. The maximum Gasteiger partial charge on any atom is 0.225 e. The van der Waals surface area contributed by atoms with E-state index in [4.69, 9.17) is 4.74 Å². The van der Waals surface area contributed by atoms with Crippen molar-refractivity contribution < 1.29 is 9.53 Å². The van der Waals surface area contributed by atoms with Crippen molar-refractivity contribution in [2.75, 3.05) is 18.0 Å². The summed E-state index contributed by atoms with van der Waals surface area (Å²) in [6.45, 7) is 6.04. The lowest BCUT2D eigenvalue weighted by molar-refractivity contribution is -0.125. The van der Waals surface area contributed by atoms with Crippen molar-refractivity contribution in [1.82, 2.24) is 20.3 Å². The van der Waals surface area contributed by atoms with Gasteiger partial charge in [0.2, 0.25) is 11.8 Å². The van der Waals surface area contributed by atoms with E-state index in [1.165, 1.54) is 0 Å². The van der Waals surface area contributed by atoms with Gasteiger partial charge in [-0.05, 0) is 49.4 Å². The summed E-state index contributed by atoms with van der Waals surface area (Å²) >= 11 is 0. The van der Waals surface area contributed by atoms with Gasteiger partial charge < -0.3 is 15.0 Å². The zero-order chi connectivity index (χ0) is 21.6. The van der Waals surface area contributed by atoms with Crippen LogP contribution < -0.4 is 15.0 Å².